The smallest absolute Gasteiger partial charge is 0.109 e. The molecule has 0 radical (unpaired) electrons. The molecule has 0 aliphatic carbocycles. The largest absolute Gasteiger partial charge is 0.337 e. The fourth-order valence-corrected chi connectivity index (χ4v) is 2.11. The third kappa shape index (κ3) is 3.10. The van der Waals surface area contributed by atoms with E-state index in [9.17, 15) is 0 Å². The second kappa shape index (κ2) is 5.37. The van der Waals surface area contributed by atoms with Crippen molar-refractivity contribution in [3.8, 4) is 0 Å². The maximum atomic E-state index is 6.12. The number of rotatable bonds is 2. The Balaban J connectivity index is 2.27. The zero-order valence-corrected chi connectivity index (χ0v) is 11.0. The molecule has 0 aromatic heterocycles. The Morgan fingerprint density at radius 2 is 2.12 bits per heavy atom. The van der Waals surface area contributed by atoms with Gasteiger partial charge in [0.15, 0.2) is 0 Å². The van der Waals surface area contributed by atoms with Gasteiger partial charge in [0.2, 0.25) is 0 Å². The Kier molecular flexibility index (Phi) is 3.85. The number of benzene rings is 1. The number of hydrogen-bond donors (Lipinski definition) is 0. The molecule has 1 aromatic carbocycles. The van der Waals surface area contributed by atoms with E-state index in [4.69, 9.17) is 11.6 Å². The first-order valence-electron chi connectivity index (χ1n) is 5.90. The van der Waals surface area contributed by atoms with Crippen LogP contribution in [0.3, 0.4) is 0 Å². The van der Waals surface area contributed by atoms with Crippen LogP contribution in [0.15, 0.2) is 41.0 Å². The second-order valence-corrected chi connectivity index (χ2v) is 4.89. The number of likely N-dealkylation sites (tertiary alicyclic amines) is 1. The van der Waals surface area contributed by atoms with E-state index in [1.807, 2.05) is 24.3 Å². The lowest BCUT2D eigenvalue weighted by Gasteiger charge is -2.14. The number of hydrogen-bond acceptors (Lipinski definition) is 1. The van der Waals surface area contributed by atoms with Gasteiger partial charge in [0.1, 0.15) is 5.84 Å². The van der Waals surface area contributed by atoms with E-state index in [0.717, 1.165) is 30.9 Å². The highest BCUT2D eigenvalue weighted by molar-refractivity contribution is 6.33. The molecule has 0 atom stereocenters. The van der Waals surface area contributed by atoms with E-state index in [2.05, 4.69) is 29.9 Å². The van der Waals surface area contributed by atoms with Crippen LogP contribution in [-0.4, -0.2) is 17.3 Å². The van der Waals surface area contributed by atoms with Crippen LogP contribution in [0, 0.1) is 0 Å². The molecule has 1 fully saturated rings. The van der Waals surface area contributed by atoms with Gasteiger partial charge >= 0.3 is 0 Å². The first-order valence-corrected chi connectivity index (χ1v) is 6.28. The highest BCUT2D eigenvalue weighted by atomic mass is 35.5. The predicted octanol–water partition coefficient (Wildman–Crippen LogP) is 4.39. The van der Waals surface area contributed by atoms with Crippen LogP contribution in [0.25, 0.3) is 0 Å². The van der Waals surface area contributed by atoms with Crippen molar-refractivity contribution in [1.29, 1.82) is 0 Å². The Morgan fingerprint density at radius 1 is 1.35 bits per heavy atom. The third-order valence-electron chi connectivity index (χ3n) is 2.65. The van der Waals surface area contributed by atoms with Gasteiger partial charge in [-0.15, -0.1) is 0 Å². The summed E-state index contributed by atoms with van der Waals surface area (Å²) in [6.45, 7) is 5.26. The van der Waals surface area contributed by atoms with Crippen LogP contribution >= 0.6 is 11.6 Å². The van der Waals surface area contributed by atoms with Gasteiger partial charge in [0.05, 0.1) is 10.7 Å². The number of nitrogens with zero attached hydrogens (tertiary/aromatic N) is 2. The molecule has 0 saturated carbocycles. The molecule has 17 heavy (non-hydrogen) atoms. The third-order valence-corrected chi connectivity index (χ3v) is 2.97. The van der Waals surface area contributed by atoms with E-state index >= 15 is 0 Å². The lowest BCUT2D eigenvalue weighted by molar-refractivity contribution is 0.598. The van der Waals surface area contributed by atoms with Crippen LogP contribution < -0.4 is 0 Å². The Bertz CT molecular complexity index is 459. The van der Waals surface area contributed by atoms with Crippen LogP contribution in [0.5, 0.6) is 0 Å². The molecule has 1 aromatic rings. The molecule has 0 amide bonds. The molecule has 1 heterocycles. The summed E-state index contributed by atoms with van der Waals surface area (Å²) in [5, 5.41) is 0.712. The summed E-state index contributed by atoms with van der Waals surface area (Å²) >= 11 is 6.12. The summed E-state index contributed by atoms with van der Waals surface area (Å²) in [5.41, 5.74) is 2.15. The van der Waals surface area contributed by atoms with Crippen molar-refractivity contribution in [3.63, 3.8) is 0 Å². The van der Waals surface area contributed by atoms with Crippen molar-refractivity contribution in [2.45, 2.75) is 26.7 Å². The van der Waals surface area contributed by atoms with Crippen molar-refractivity contribution < 1.29 is 0 Å². The van der Waals surface area contributed by atoms with E-state index in [0.29, 0.717) is 5.02 Å². The quantitative estimate of drug-likeness (QED) is 0.758. The average Bonchev–Trinajstić information content (AvgIpc) is 2.68. The minimum absolute atomic E-state index is 0.712. The molecule has 1 aliphatic heterocycles. The predicted molar refractivity (Wildman–Crippen MR) is 73.9 cm³/mol. The Morgan fingerprint density at radius 3 is 2.82 bits per heavy atom. The van der Waals surface area contributed by atoms with Crippen LogP contribution in [0.1, 0.15) is 26.7 Å². The number of allylic oxidation sites excluding steroid dienone is 1. The average molecular weight is 249 g/mol. The van der Waals surface area contributed by atoms with E-state index in [-0.39, 0.29) is 0 Å². The molecule has 0 N–H and O–H groups in total. The van der Waals surface area contributed by atoms with Crippen molar-refractivity contribution in [2.75, 3.05) is 6.54 Å². The molecule has 0 spiro atoms. The SMILES string of the molecule is CC(C)=CN1CCCC1=Nc1ccccc1Cl. The van der Waals surface area contributed by atoms with Crippen LogP contribution in [0.2, 0.25) is 5.02 Å². The number of halogens is 1. The van der Waals surface area contributed by atoms with Crippen LogP contribution in [0.4, 0.5) is 5.69 Å². The molecular weight excluding hydrogens is 232 g/mol. The van der Waals surface area contributed by atoms with Gasteiger partial charge in [0.25, 0.3) is 0 Å². The molecule has 1 aliphatic rings. The van der Waals surface area contributed by atoms with Gasteiger partial charge in [-0.2, -0.15) is 0 Å². The maximum Gasteiger partial charge on any atom is 0.109 e. The minimum atomic E-state index is 0.712. The van der Waals surface area contributed by atoms with Gasteiger partial charge in [0, 0.05) is 19.2 Å². The van der Waals surface area contributed by atoms with Gasteiger partial charge in [-0.25, -0.2) is 4.99 Å². The molecule has 1 saturated heterocycles. The Hall–Kier alpha value is -1.28. The molecule has 3 heteroatoms. The second-order valence-electron chi connectivity index (χ2n) is 4.48. The van der Waals surface area contributed by atoms with Crippen molar-refractivity contribution in [2.24, 2.45) is 4.99 Å². The number of aliphatic imine (C=N–C) groups is 1. The summed E-state index contributed by atoms with van der Waals surface area (Å²) in [7, 11) is 0. The monoisotopic (exact) mass is 248 g/mol. The fourth-order valence-electron chi connectivity index (χ4n) is 1.93. The molecule has 90 valence electrons. The van der Waals surface area contributed by atoms with Crippen molar-refractivity contribution in [3.05, 3.63) is 41.1 Å². The van der Waals surface area contributed by atoms with Crippen LogP contribution in [-0.2, 0) is 0 Å². The first kappa shape index (κ1) is 12.2. The van der Waals surface area contributed by atoms with Gasteiger partial charge in [-0.05, 0) is 32.4 Å². The Labute approximate surface area is 108 Å². The summed E-state index contributed by atoms with van der Waals surface area (Å²) in [6, 6.07) is 7.72. The lowest BCUT2D eigenvalue weighted by Crippen LogP contribution is -2.18. The van der Waals surface area contributed by atoms with Gasteiger partial charge < -0.3 is 4.90 Å². The van der Waals surface area contributed by atoms with E-state index < -0.39 is 0 Å². The zero-order valence-electron chi connectivity index (χ0n) is 10.3. The fraction of sp³-hybridized carbons (Fsp3) is 0.357. The summed E-state index contributed by atoms with van der Waals surface area (Å²) in [5.74, 6) is 1.11. The highest BCUT2D eigenvalue weighted by Gasteiger charge is 2.16. The molecule has 2 rings (SSSR count). The van der Waals surface area contributed by atoms with E-state index in [1.165, 1.54) is 5.57 Å². The normalized spacial score (nSPS) is 17.6. The minimum Gasteiger partial charge on any atom is -0.337 e. The standard InChI is InChI=1S/C14H17ClN2/c1-11(2)10-17-9-5-8-14(17)16-13-7-4-3-6-12(13)15/h3-4,6-7,10H,5,8-9H2,1-2H3. The number of amidine groups is 1. The van der Waals surface area contributed by atoms with E-state index in [1.54, 1.807) is 0 Å². The highest BCUT2D eigenvalue weighted by Crippen LogP contribution is 2.26. The van der Waals surface area contributed by atoms with Crippen molar-refractivity contribution in [1.82, 2.24) is 4.90 Å². The lowest BCUT2D eigenvalue weighted by atomic mass is 10.3. The van der Waals surface area contributed by atoms with Gasteiger partial charge in [-0.3, -0.25) is 0 Å². The number of para-hydroxylation sites is 1. The molecule has 0 unspecified atom stereocenters. The molecule has 0 bridgehead atoms. The topological polar surface area (TPSA) is 15.6 Å². The zero-order chi connectivity index (χ0) is 12.3. The van der Waals surface area contributed by atoms with Crippen molar-refractivity contribution >= 4 is 23.1 Å². The maximum absolute atomic E-state index is 6.12. The summed E-state index contributed by atoms with van der Waals surface area (Å²) in [4.78, 5) is 6.88. The molecular formula is C14H17ClN2. The summed E-state index contributed by atoms with van der Waals surface area (Å²) < 4.78 is 0. The summed E-state index contributed by atoms with van der Waals surface area (Å²) in [6.07, 6.45) is 4.34. The first-order chi connectivity index (χ1) is 8.16. The van der Waals surface area contributed by atoms with Gasteiger partial charge in [-0.1, -0.05) is 29.3 Å². The molecule has 2 nitrogen and oxygen atoms in total.